The molecule has 5 heteroatoms. The van der Waals surface area contributed by atoms with Crippen LogP contribution in [0.2, 0.25) is 0 Å². The van der Waals surface area contributed by atoms with Gasteiger partial charge < -0.3 is 15.5 Å². The lowest BCUT2D eigenvalue weighted by Crippen LogP contribution is -2.27. The fraction of sp³-hybridized carbons (Fsp3) is 0.591. The SMILES string of the molecule is C=C(C=N)C(=NC1CCCCC1)NC=NC.COCCC1C=CC(C)=CC1. The van der Waals surface area contributed by atoms with E-state index in [2.05, 4.69) is 47.0 Å². The molecule has 0 aromatic heterocycles. The number of methoxy groups -OCH3 is 1. The monoisotopic (exact) mass is 372 g/mol. The van der Waals surface area contributed by atoms with Crippen molar-refractivity contribution in [2.24, 2.45) is 15.9 Å². The molecule has 5 nitrogen and oxygen atoms in total. The number of nitrogens with one attached hydrogen (secondary N) is 2. The molecule has 1 fully saturated rings. The van der Waals surface area contributed by atoms with E-state index in [1.807, 2.05) is 0 Å². The summed E-state index contributed by atoms with van der Waals surface area (Å²) in [7, 11) is 3.45. The normalized spacial score (nSPS) is 20.6. The van der Waals surface area contributed by atoms with Gasteiger partial charge >= 0.3 is 0 Å². The molecule has 0 aromatic carbocycles. The van der Waals surface area contributed by atoms with Gasteiger partial charge in [-0.3, -0.25) is 9.98 Å². The molecule has 1 unspecified atom stereocenters. The Morgan fingerprint density at radius 1 is 1.37 bits per heavy atom. The Hall–Kier alpha value is -2.01. The summed E-state index contributed by atoms with van der Waals surface area (Å²) in [5.41, 5.74) is 1.99. The molecule has 0 aliphatic heterocycles. The van der Waals surface area contributed by atoms with Gasteiger partial charge in [-0.25, -0.2) is 0 Å². The summed E-state index contributed by atoms with van der Waals surface area (Å²) in [4.78, 5) is 8.46. The Kier molecular flexibility index (Phi) is 12.0. The van der Waals surface area contributed by atoms with Crippen LogP contribution in [0.4, 0.5) is 0 Å². The third-order valence-corrected chi connectivity index (χ3v) is 4.76. The Morgan fingerprint density at radius 3 is 2.67 bits per heavy atom. The van der Waals surface area contributed by atoms with Gasteiger partial charge in [-0.1, -0.05) is 49.6 Å². The summed E-state index contributed by atoms with van der Waals surface area (Å²) >= 11 is 0. The van der Waals surface area contributed by atoms with Gasteiger partial charge in [-0.2, -0.15) is 0 Å². The molecule has 0 bridgehead atoms. The summed E-state index contributed by atoms with van der Waals surface area (Å²) in [6.45, 7) is 6.81. The van der Waals surface area contributed by atoms with Gasteiger partial charge in [0.2, 0.25) is 0 Å². The molecular formula is C22H36N4O. The molecule has 150 valence electrons. The zero-order valence-electron chi connectivity index (χ0n) is 17.2. The van der Waals surface area contributed by atoms with Crippen LogP contribution in [0.5, 0.6) is 0 Å². The van der Waals surface area contributed by atoms with E-state index in [1.54, 1.807) is 20.5 Å². The van der Waals surface area contributed by atoms with Crippen molar-refractivity contribution in [2.45, 2.75) is 57.9 Å². The maximum Gasteiger partial charge on any atom is 0.134 e. The zero-order chi connectivity index (χ0) is 19.9. The molecule has 0 heterocycles. The van der Waals surface area contributed by atoms with E-state index >= 15 is 0 Å². The summed E-state index contributed by atoms with van der Waals surface area (Å²) in [6, 6.07) is 0.373. The van der Waals surface area contributed by atoms with Gasteiger partial charge in [0.15, 0.2) is 0 Å². The highest BCUT2D eigenvalue weighted by atomic mass is 16.5. The van der Waals surface area contributed by atoms with Crippen LogP contribution < -0.4 is 5.32 Å². The maximum absolute atomic E-state index is 7.20. The molecule has 2 aliphatic carbocycles. The number of rotatable bonds is 7. The van der Waals surface area contributed by atoms with E-state index in [1.165, 1.54) is 37.5 Å². The van der Waals surface area contributed by atoms with Crippen LogP contribution in [-0.2, 0) is 4.74 Å². The van der Waals surface area contributed by atoms with E-state index in [0.29, 0.717) is 23.4 Å². The van der Waals surface area contributed by atoms with Crippen molar-refractivity contribution >= 4 is 18.4 Å². The van der Waals surface area contributed by atoms with Crippen LogP contribution in [0, 0.1) is 11.3 Å². The summed E-state index contributed by atoms with van der Waals surface area (Å²) < 4.78 is 5.02. The van der Waals surface area contributed by atoms with Crippen molar-refractivity contribution in [3.63, 3.8) is 0 Å². The fourth-order valence-electron chi connectivity index (χ4n) is 3.05. The van der Waals surface area contributed by atoms with E-state index in [0.717, 1.165) is 25.9 Å². The predicted molar refractivity (Wildman–Crippen MR) is 117 cm³/mol. The molecule has 2 aliphatic rings. The van der Waals surface area contributed by atoms with Crippen molar-refractivity contribution in [1.29, 1.82) is 5.41 Å². The van der Waals surface area contributed by atoms with Gasteiger partial charge in [0.1, 0.15) is 5.84 Å². The predicted octanol–water partition coefficient (Wildman–Crippen LogP) is 4.72. The zero-order valence-corrected chi connectivity index (χ0v) is 17.2. The first kappa shape index (κ1) is 23.0. The number of hydrogen-bond donors (Lipinski definition) is 2. The average molecular weight is 373 g/mol. The summed E-state index contributed by atoms with van der Waals surface area (Å²) in [5.74, 6) is 1.38. The largest absolute Gasteiger partial charge is 0.385 e. The number of ether oxygens (including phenoxy) is 1. The number of aliphatic imine (C=N–C) groups is 2. The van der Waals surface area contributed by atoms with Gasteiger partial charge in [-0.15, -0.1) is 0 Å². The third-order valence-electron chi connectivity index (χ3n) is 4.76. The molecular weight excluding hydrogens is 336 g/mol. The topological polar surface area (TPSA) is 69.8 Å². The molecule has 0 saturated heterocycles. The first-order valence-corrected chi connectivity index (χ1v) is 9.89. The lowest BCUT2D eigenvalue weighted by molar-refractivity contribution is 0.184. The van der Waals surface area contributed by atoms with Gasteiger partial charge in [0.05, 0.1) is 12.4 Å². The second-order valence-electron chi connectivity index (χ2n) is 7.06. The Bertz CT molecular complexity index is 569. The first-order valence-electron chi connectivity index (χ1n) is 9.89. The van der Waals surface area contributed by atoms with Crippen LogP contribution in [0.3, 0.4) is 0 Å². The lowest BCUT2D eigenvalue weighted by atomic mass is 9.95. The van der Waals surface area contributed by atoms with Crippen LogP contribution in [-0.4, -0.2) is 45.2 Å². The quantitative estimate of drug-likeness (QED) is 0.501. The van der Waals surface area contributed by atoms with Gasteiger partial charge in [0, 0.05) is 32.6 Å². The Labute approximate surface area is 164 Å². The molecule has 0 radical (unpaired) electrons. The number of hydrogen-bond acceptors (Lipinski definition) is 4. The second-order valence-corrected chi connectivity index (χ2v) is 7.06. The number of amidine groups is 1. The lowest BCUT2D eigenvalue weighted by Gasteiger charge is -2.19. The molecule has 0 aromatic rings. The smallest absolute Gasteiger partial charge is 0.134 e. The molecule has 27 heavy (non-hydrogen) atoms. The van der Waals surface area contributed by atoms with Crippen LogP contribution in [0.1, 0.15) is 51.9 Å². The van der Waals surface area contributed by atoms with E-state index < -0.39 is 0 Å². The van der Waals surface area contributed by atoms with E-state index in [4.69, 9.17) is 10.1 Å². The van der Waals surface area contributed by atoms with Crippen molar-refractivity contribution in [1.82, 2.24) is 5.32 Å². The number of allylic oxidation sites excluding steroid dienone is 4. The molecule has 2 N–H and O–H groups in total. The Balaban J connectivity index is 0.000000289. The standard InChI is InChI=1S/C12H20N4.C10H16O/c1-10(8-13)12(15-9-14-2)16-11-6-4-3-5-7-11;1-9-3-5-10(6-4-9)7-8-11-2/h8-9,11,13H,1,3-7H2,2H3,(H,14,15,16);3-5,10H,6-8H2,1-2H3. The van der Waals surface area contributed by atoms with Crippen LogP contribution in [0.25, 0.3) is 0 Å². The number of nitrogens with zero attached hydrogens (tertiary/aromatic N) is 2. The molecule has 0 amide bonds. The summed E-state index contributed by atoms with van der Waals surface area (Å²) in [5, 5.41) is 10.2. The summed E-state index contributed by atoms with van der Waals surface area (Å²) in [6.07, 6.45) is 18.0. The van der Waals surface area contributed by atoms with Crippen molar-refractivity contribution < 1.29 is 4.74 Å². The highest BCUT2D eigenvalue weighted by Gasteiger charge is 2.13. The van der Waals surface area contributed by atoms with Gasteiger partial charge in [0.25, 0.3) is 0 Å². The fourth-order valence-corrected chi connectivity index (χ4v) is 3.05. The minimum Gasteiger partial charge on any atom is -0.385 e. The highest BCUT2D eigenvalue weighted by Crippen LogP contribution is 2.20. The van der Waals surface area contributed by atoms with Crippen LogP contribution in [0.15, 0.2) is 45.9 Å². The molecule has 2 rings (SSSR count). The Morgan fingerprint density at radius 2 is 2.11 bits per heavy atom. The molecule has 0 spiro atoms. The van der Waals surface area contributed by atoms with Crippen LogP contribution >= 0.6 is 0 Å². The first-order chi connectivity index (χ1) is 13.1. The third kappa shape index (κ3) is 10.0. The average Bonchev–Trinajstić information content (AvgIpc) is 2.71. The van der Waals surface area contributed by atoms with E-state index in [-0.39, 0.29) is 0 Å². The minimum atomic E-state index is 0.373. The van der Waals surface area contributed by atoms with Crippen molar-refractivity contribution in [3.8, 4) is 0 Å². The molecule has 1 atom stereocenters. The highest BCUT2D eigenvalue weighted by molar-refractivity contribution is 6.16. The van der Waals surface area contributed by atoms with Crippen molar-refractivity contribution in [2.75, 3.05) is 20.8 Å². The minimum absolute atomic E-state index is 0.373. The molecule has 1 saturated carbocycles. The van der Waals surface area contributed by atoms with Gasteiger partial charge in [-0.05, 0) is 38.5 Å². The van der Waals surface area contributed by atoms with Crippen molar-refractivity contribution in [3.05, 3.63) is 36.0 Å². The van der Waals surface area contributed by atoms with E-state index in [9.17, 15) is 0 Å². The maximum atomic E-state index is 7.20. The second kappa shape index (κ2) is 14.1.